The van der Waals surface area contributed by atoms with Crippen LogP contribution in [0.2, 0.25) is 0 Å². The fourth-order valence-corrected chi connectivity index (χ4v) is 2.05. The van der Waals surface area contributed by atoms with Gasteiger partial charge in [-0.1, -0.05) is 0 Å². The predicted molar refractivity (Wildman–Crippen MR) is 25.0 cm³/mol. The van der Waals surface area contributed by atoms with Crippen LogP contribution < -0.4 is 0 Å². The summed E-state index contributed by atoms with van der Waals surface area (Å²) in [7, 11) is 0. The molecule has 0 spiro atoms. The van der Waals surface area contributed by atoms with Crippen LogP contribution in [0.1, 0.15) is 0 Å². The molecule has 0 bridgehead atoms. The molecule has 14 heavy (non-hydrogen) atoms. The van der Waals surface area contributed by atoms with Gasteiger partial charge >= 0.3 is 71.6 Å². The second kappa shape index (κ2) is 3.16. The van der Waals surface area contributed by atoms with Crippen molar-refractivity contribution in [3.05, 3.63) is 0 Å². The Morgan fingerprint density at radius 3 is 0.643 bits per heavy atom. The first-order valence-electron chi connectivity index (χ1n) is 2.47. The molecule has 0 fully saturated rings. The number of halogens is 10. The van der Waals surface area contributed by atoms with Crippen LogP contribution in [0.25, 0.3) is 0 Å². The number of hydrogen-bond donors (Lipinski definition) is 0. The van der Waals surface area contributed by atoms with Crippen molar-refractivity contribution in [3.63, 3.8) is 0 Å². The molecule has 11 heteroatoms. The zero-order valence-electron chi connectivity index (χ0n) is 5.69. The summed E-state index contributed by atoms with van der Waals surface area (Å²) in [6.07, 6.45) is 0. The molecule has 0 saturated heterocycles. The molecule has 0 aliphatic heterocycles. The Hall–Kier alpha value is -0.181. The molecule has 0 unspecified atom stereocenters. The van der Waals surface area contributed by atoms with E-state index in [1.165, 1.54) is 0 Å². The van der Waals surface area contributed by atoms with Crippen molar-refractivity contribution < 1.29 is 43.1 Å². The van der Waals surface area contributed by atoms with Gasteiger partial charge in [-0.3, -0.25) is 0 Å². The molecule has 0 atom stereocenters. The van der Waals surface area contributed by atoms with Gasteiger partial charge in [-0.2, -0.15) is 0 Å². The average Bonchev–Trinajstić information content (AvgIpc) is 1.77. The van der Waals surface area contributed by atoms with Gasteiger partial charge in [-0.05, 0) is 0 Å². The van der Waals surface area contributed by atoms with Gasteiger partial charge in [-0.25, -0.2) is 0 Å². The van der Waals surface area contributed by atoms with E-state index in [1.807, 2.05) is 0 Å². The second-order valence-corrected chi connectivity index (χ2v) is 7.04. The molecule has 0 nitrogen and oxygen atoms in total. The van der Waals surface area contributed by atoms with Crippen molar-refractivity contribution >= 4 is 13.3 Å². The van der Waals surface area contributed by atoms with Crippen LogP contribution in [-0.2, 0) is 0 Å². The van der Waals surface area contributed by atoms with Gasteiger partial charge in [0.25, 0.3) is 0 Å². The summed E-state index contributed by atoms with van der Waals surface area (Å²) in [6.45, 7) is 0. The minimum absolute atomic E-state index is 6.94. The molecule has 0 aliphatic rings. The summed E-state index contributed by atoms with van der Waals surface area (Å²) in [5.74, 6) is 0. The standard InChI is InChI=1S/C3F10Se/c4-1(5,6)14(13,2(7,8)9)3(10,11)12. The molecule has 0 N–H and O–H groups in total. The van der Waals surface area contributed by atoms with Crippen LogP contribution in [0.3, 0.4) is 0 Å². The minimum atomic E-state index is -9.06. The Labute approximate surface area is 72.6 Å². The zero-order chi connectivity index (χ0) is 12.0. The third kappa shape index (κ3) is 1.92. The van der Waals surface area contributed by atoms with E-state index in [0.29, 0.717) is 0 Å². The van der Waals surface area contributed by atoms with Crippen LogP contribution in [0.5, 0.6) is 0 Å². The van der Waals surface area contributed by atoms with E-state index in [0.717, 1.165) is 0 Å². The van der Waals surface area contributed by atoms with E-state index in [9.17, 15) is 43.1 Å². The summed E-state index contributed by atoms with van der Waals surface area (Å²) in [4.78, 5) is 0. The van der Waals surface area contributed by atoms with Crippen LogP contribution in [0.15, 0.2) is 0 Å². The first kappa shape index (κ1) is 13.8. The van der Waals surface area contributed by atoms with Crippen molar-refractivity contribution in [1.29, 1.82) is 0 Å². The summed E-state index contributed by atoms with van der Waals surface area (Å²) in [5.41, 5.74) is 0. The molecule has 88 valence electrons. The fourth-order valence-electron chi connectivity index (χ4n) is 0.394. The Morgan fingerprint density at radius 1 is 0.500 bits per heavy atom. The van der Waals surface area contributed by atoms with E-state index < -0.39 is 28.5 Å². The van der Waals surface area contributed by atoms with Crippen molar-refractivity contribution in [2.45, 2.75) is 15.2 Å². The molecule has 0 radical (unpaired) electrons. The third-order valence-electron chi connectivity index (χ3n) is 0.957. The van der Waals surface area contributed by atoms with Crippen molar-refractivity contribution in [3.8, 4) is 0 Å². The van der Waals surface area contributed by atoms with Crippen molar-refractivity contribution in [2.75, 3.05) is 0 Å². The molecule has 0 aromatic rings. The number of rotatable bonds is 0. The second-order valence-electron chi connectivity index (χ2n) is 1.87. The van der Waals surface area contributed by atoms with E-state index in [2.05, 4.69) is 0 Å². The molecule has 0 rings (SSSR count). The summed E-state index contributed by atoms with van der Waals surface area (Å²) >= 11 is -9.06. The molecule has 0 aliphatic carbocycles. The molecule has 0 heterocycles. The summed E-state index contributed by atoms with van der Waals surface area (Å²) < 4.78 is 114. The molecule has 0 saturated carbocycles. The normalized spacial score (nSPS) is 17.0. The SMILES string of the molecule is FC(F)(F)[Se](F)(C(F)(F)F)C(F)(F)F. The van der Waals surface area contributed by atoms with Crippen LogP contribution in [-0.4, -0.2) is 28.5 Å². The Balaban J connectivity index is 5.54. The first-order valence-corrected chi connectivity index (χ1v) is 5.68. The zero-order valence-corrected chi connectivity index (χ0v) is 7.40. The van der Waals surface area contributed by atoms with Crippen LogP contribution in [0, 0.1) is 0 Å². The Morgan fingerprint density at radius 2 is 0.643 bits per heavy atom. The van der Waals surface area contributed by atoms with Gasteiger partial charge in [0.15, 0.2) is 0 Å². The number of alkyl halides is 9. The van der Waals surface area contributed by atoms with E-state index in [4.69, 9.17) is 0 Å². The Bertz CT molecular complexity index is 169. The monoisotopic (exact) mass is 306 g/mol. The van der Waals surface area contributed by atoms with Crippen LogP contribution >= 0.6 is 0 Å². The molecular weight excluding hydrogens is 305 g/mol. The van der Waals surface area contributed by atoms with E-state index in [1.54, 1.807) is 0 Å². The number of hydrogen-bond acceptors (Lipinski definition) is 0. The maximum absolute atomic E-state index is 12.1. The van der Waals surface area contributed by atoms with Gasteiger partial charge in [-0.15, -0.1) is 0 Å². The maximum atomic E-state index is 12.1. The van der Waals surface area contributed by atoms with E-state index in [-0.39, 0.29) is 0 Å². The van der Waals surface area contributed by atoms with E-state index >= 15 is 0 Å². The quantitative estimate of drug-likeness (QED) is 0.476. The predicted octanol–water partition coefficient (Wildman–Crippen LogP) is 3.21. The van der Waals surface area contributed by atoms with Crippen molar-refractivity contribution in [2.24, 2.45) is 0 Å². The first-order chi connectivity index (χ1) is 5.75. The van der Waals surface area contributed by atoms with Gasteiger partial charge in [0.1, 0.15) is 0 Å². The van der Waals surface area contributed by atoms with Gasteiger partial charge in [0.2, 0.25) is 0 Å². The summed E-state index contributed by atoms with van der Waals surface area (Å²) in [5, 5.41) is -20.8. The van der Waals surface area contributed by atoms with Crippen LogP contribution in [0.4, 0.5) is 43.1 Å². The van der Waals surface area contributed by atoms with Gasteiger partial charge < -0.3 is 0 Å². The summed E-state index contributed by atoms with van der Waals surface area (Å²) in [6, 6.07) is 0. The fraction of sp³-hybridized carbons (Fsp3) is 1.00. The van der Waals surface area contributed by atoms with Crippen molar-refractivity contribution in [1.82, 2.24) is 0 Å². The molecule has 0 aromatic heterocycles. The topological polar surface area (TPSA) is 0 Å². The van der Waals surface area contributed by atoms with Gasteiger partial charge in [0, 0.05) is 0 Å². The molecule has 0 amide bonds. The average molecular weight is 305 g/mol. The molecular formula is C3F10Se. The Kier molecular flexibility index (Phi) is 3.12. The molecule has 0 aromatic carbocycles. The third-order valence-corrected chi connectivity index (χ3v) is 4.97. The van der Waals surface area contributed by atoms with Gasteiger partial charge in [0.05, 0.1) is 0 Å².